The highest BCUT2D eigenvalue weighted by Crippen LogP contribution is 2.48. The number of nitrogens with one attached hydrogen (secondary N) is 3. The first-order chi connectivity index (χ1) is 49.8. The van der Waals surface area contributed by atoms with E-state index in [4.69, 9.17) is 73.3 Å². The monoisotopic (exact) mass is 1480 g/mol. The first kappa shape index (κ1) is 85.0. The van der Waals surface area contributed by atoms with Gasteiger partial charge in [-0.05, 0) is 81.5 Å². The Morgan fingerprint density at radius 2 is 0.623 bits per heavy atom. The average Bonchev–Trinajstić information content (AvgIpc) is 1.62. The van der Waals surface area contributed by atoms with E-state index in [0.717, 1.165) is 50.3 Å². The van der Waals surface area contributed by atoms with E-state index in [9.17, 15) is 43.8 Å². The number of nitrogens with zero attached hydrogens (tertiary/aromatic N) is 6. The summed E-state index contributed by atoms with van der Waals surface area (Å²) >= 11 is 0. The number of ether oxygens (including phenoxy) is 7. The predicted molar refractivity (Wildman–Crippen MR) is 393 cm³/mol. The second-order valence-corrected chi connectivity index (χ2v) is 30.9. The number of aromatic nitrogens is 9. The number of aliphatic hydroxyl groups is 2. The molecule has 106 heavy (non-hydrogen) atoms. The highest BCUT2D eigenvalue weighted by atomic mass is 16.6. The summed E-state index contributed by atoms with van der Waals surface area (Å²) in [4.78, 5) is 125. The van der Waals surface area contributed by atoms with Crippen LogP contribution in [0.5, 0.6) is 0 Å². The summed E-state index contributed by atoms with van der Waals surface area (Å²) in [6.07, 6.45) is 5.52. The van der Waals surface area contributed by atoms with Crippen LogP contribution in [0.25, 0.3) is 33.1 Å². The fraction of sp³-hybridized carbons (Fsp3) is 0.662. The second kappa shape index (κ2) is 37.1. The largest absolute Gasteiger partial charge is 0.464 e. The topological polar surface area (TPSA) is 531 Å². The molecule has 19 N–H and O–H groups in total. The van der Waals surface area contributed by atoms with Gasteiger partial charge in [-0.2, -0.15) is 0 Å². The summed E-state index contributed by atoms with van der Waals surface area (Å²) in [6, 6.07) is -5.81. The van der Waals surface area contributed by atoms with Gasteiger partial charge in [0.05, 0.1) is 69.5 Å². The van der Waals surface area contributed by atoms with Gasteiger partial charge in [0.15, 0.2) is 0 Å². The molecule has 0 unspecified atom stereocenters. The van der Waals surface area contributed by atoms with Crippen LogP contribution in [0.2, 0.25) is 0 Å². The summed E-state index contributed by atoms with van der Waals surface area (Å²) in [5.41, 5.74) is 51.2. The molecule has 586 valence electrons. The molecule has 0 aromatic carbocycles. The van der Waals surface area contributed by atoms with Crippen molar-refractivity contribution in [2.75, 3.05) is 19.8 Å². The van der Waals surface area contributed by atoms with Gasteiger partial charge in [-0.15, -0.1) is 0 Å². The molecular weight excluding hydrogens is 1370 g/mol. The van der Waals surface area contributed by atoms with Crippen molar-refractivity contribution in [2.45, 2.75) is 234 Å². The van der Waals surface area contributed by atoms with E-state index in [1.165, 1.54) is 19.0 Å². The Kier molecular flexibility index (Phi) is 29.7. The third-order valence-corrected chi connectivity index (χ3v) is 20.8. The Morgan fingerprint density at radius 3 is 0.925 bits per heavy atom. The predicted octanol–water partition coefficient (Wildman–Crippen LogP) is 3.99. The number of hydrogen-bond acceptors (Lipinski definition) is 29. The molecule has 6 aromatic rings. The number of H-pyrrole nitrogens is 3. The van der Waals surface area contributed by atoms with Gasteiger partial charge in [-0.1, -0.05) is 96.9 Å². The first-order valence-corrected chi connectivity index (χ1v) is 36.6. The minimum Gasteiger partial charge on any atom is -0.464 e. The highest BCUT2D eigenvalue weighted by Gasteiger charge is 2.53. The molecule has 32 nitrogen and oxygen atoms in total. The number of aromatic amines is 3. The number of carbonyl (C=O) groups is 7. The van der Waals surface area contributed by atoms with Crippen molar-refractivity contribution in [1.29, 1.82) is 0 Å². The quantitative estimate of drug-likeness (QED) is 0.0256. The van der Waals surface area contributed by atoms with Crippen LogP contribution in [0.1, 0.15) is 168 Å². The minimum absolute atomic E-state index is 0.0302. The Balaban J connectivity index is 0.000000223. The fourth-order valence-electron chi connectivity index (χ4n) is 13.1. The molecule has 9 rings (SSSR count). The maximum absolute atomic E-state index is 13.1. The number of esters is 7. The Labute approximate surface area is 618 Å². The maximum Gasteiger partial charge on any atom is 0.323 e. The molecule has 6 heterocycles. The number of aryl methyl sites for hydroxylation is 3. The van der Waals surface area contributed by atoms with E-state index in [2.05, 4.69) is 44.9 Å². The Hall–Kier alpha value is -8.21. The molecule has 6 aromatic heterocycles. The van der Waals surface area contributed by atoms with Crippen LogP contribution in [-0.2, 0) is 66.7 Å². The van der Waals surface area contributed by atoms with Gasteiger partial charge in [0, 0.05) is 77.4 Å². The van der Waals surface area contributed by atoms with Crippen molar-refractivity contribution in [3.05, 3.63) is 71.3 Å². The van der Waals surface area contributed by atoms with Crippen LogP contribution >= 0.6 is 0 Å². The molecule has 3 aliphatic carbocycles. The van der Waals surface area contributed by atoms with Gasteiger partial charge in [0.25, 0.3) is 0 Å². The van der Waals surface area contributed by atoms with Gasteiger partial charge < -0.3 is 98.5 Å². The molecule has 3 fully saturated rings. The Morgan fingerprint density at radius 1 is 0.377 bits per heavy atom. The van der Waals surface area contributed by atoms with Crippen molar-refractivity contribution in [3.8, 4) is 0 Å². The lowest BCUT2D eigenvalue weighted by atomic mass is 9.96. The summed E-state index contributed by atoms with van der Waals surface area (Å²) in [5, 5.41) is 21.2. The SMILES string of the molecule is Cc1ncnc2c([C@@H]3C[C@H](CO)[C@@H](OC(=O)[C@@H](N)C(C)C)[C@H]3OC(=O)[C@@H](N)C(C)C)c[nH]c12.Cc1ncnc2c([C@@H]3C[C@H](COC(=O)[C@@H](N)C(C)C)[C@@H](O)[C@H]3OC(=O)[C@@H](N)C(C)C)c[nH]c12.Cc1ncnc2c([C@@H]3C[C@H](COC(=O)[C@@H](N)C(C)C)[C@@H](OC(=O)[C@@H](N)C(C)C)[C@H]3OC(=O)[C@@H](N)C(C)C)c[nH]c12. The van der Waals surface area contributed by atoms with Crippen molar-refractivity contribution in [3.63, 3.8) is 0 Å². The molecule has 0 saturated heterocycles. The molecule has 32 heteroatoms. The van der Waals surface area contributed by atoms with Gasteiger partial charge in [0.1, 0.15) is 91.8 Å². The number of rotatable bonds is 27. The highest BCUT2D eigenvalue weighted by molar-refractivity contribution is 5.85. The molecule has 19 atom stereocenters. The van der Waals surface area contributed by atoms with Crippen LogP contribution in [0.3, 0.4) is 0 Å². The van der Waals surface area contributed by atoms with Gasteiger partial charge in [0.2, 0.25) is 0 Å². The van der Waals surface area contributed by atoms with E-state index in [1.54, 1.807) is 18.6 Å². The fourth-order valence-corrected chi connectivity index (χ4v) is 13.1. The maximum atomic E-state index is 13.1. The molecule has 0 spiro atoms. The molecule has 3 aliphatic rings. The lowest BCUT2D eigenvalue weighted by Gasteiger charge is -2.29. The molecule has 0 amide bonds. The normalized spacial score (nSPS) is 24.3. The van der Waals surface area contributed by atoms with Crippen LogP contribution in [0.4, 0.5) is 0 Å². The summed E-state index contributed by atoms with van der Waals surface area (Å²) in [5.74, 6) is -7.65. The Bertz CT molecular complexity index is 3970. The van der Waals surface area contributed by atoms with Gasteiger partial charge in [-0.25, -0.2) is 29.9 Å². The number of carbonyl (C=O) groups excluding carboxylic acids is 7. The number of fused-ring (bicyclic) bond motifs is 3. The number of nitrogens with two attached hydrogens (primary N) is 7. The lowest BCUT2D eigenvalue weighted by Crippen LogP contribution is -2.46. The minimum atomic E-state index is -1.05. The van der Waals surface area contributed by atoms with Gasteiger partial charge in [-0.3, -0.25) is 33.6 Å². The summed E-state index contributed by atoms with van der Waals surface area (Å²) in [6.45, 7) is 30.7. The summed E-state index contributed by atoms with van der Waals surface area (Å²) in [7, 11) is 0. The third kappa shape index (κ3) is 19.7. The lowest BCUT2D eigenvalue weighted by molar-refractivity contribution is -0.173. The standard InChI is InChI=1S/C28H44N6O6.2C23H35N5O5/c1-12(2)19(29)26(35)38-10-16-8-17(18-9-32-22-15(7)33-11-34-23(18)22)25(40-28(37)21(31)14(5)6)24(16)39-27(36)20(30)13(3)4;1-10(2)16(24)22(30)32-8-13-6-14(15-7-26-18-12(5)27-9-28-19(15)18)21(20(13)29)33-23(31)17(25)11(3)4;1-10(2)16(24)22(30)32-20-13(8-29)6-14(21(20)33-23(31)17(25)11(3)4)15-7-26-18-12(5)27-9-28-19(15)18/h9,11-14,16-17,19-21,24-25,32H,8,10,29-31H2,1-7H3;2*7,9-11,13-14,16-17,20-21,26,29H,6,8,24-25H2,1-5H3/t16-,17+,19+,20+,21+,24-,25+;2*13-,14+,16+,17+,20-,21+/m111/s1. The molecule has 0 radical (unpaired) electrons. The molecule has 3 saturated carbocycles. The van der Waals surface area contributed by atoms with Crippen LogP contribution in [0.15, 0.2) is 37.6 Å². The van der Waals surface area contributed by atoms with Crippen LogP contribution in [0, 0.1) is 80.0 Å². The van der Waals surface area contributed by atoms with E-state index in [-0.39, 0.29) is 73.1 Å². The number of aliphatic hydroxyl groups excluding tert-OH is 2. The molecular formula is C74H114N16O16. The zero-order valence-electron chi connectivity index (χ0n) is 64.1. The van der Waals surface area contributed by atoms with E-state index >= 15 is 0 Å². The van der Waals surface area contributed by atoms with Crippen molar-refractivity contribution in [1.82, 2.24) is 44.9 Å². The number of hydrogen-bond donors (Lipinski definition) is 12. The summed E-state index contributed by atoms with van der Waals surface area (Å²) < 4.78 is 40.4. The zero-order valence-corrected chi connectivity index (χ0v) is 64.1. The first-order valence-electron chi connectivity index (χ1n) is 36.6. The van der Waals surface area contributed by atoms with Crippen molar-refractivity contribution in [2.24, 2.45) is 99.3 Å². The van der Waals surface area contributed by atoms with E-state index < -0.39 is 144 Å². The zero-order chi connectivity index (χ0) is 78.8. The average molecular weight is 1480 g/mol. The van der Waals surface area contributed by atoms with Gasteiger partial charge >= 0.3 is 41.8 Å². The second-order valence-electron chi connectivity index (χ2n) is 30.9. The van der Waals surface area contributed by atoms with E-state index in [0.29, 0.717) is 35.8 Å². The van der Waals surface area contributed by atoms with Crippen LogP contribution in [-0.4, -0.2) is 196 Å². The molecule has 0 aliphatic heterocycles. The van der Waals surface area contributed by atoms with Crippen LogP contribution < -0.4 is 40.1 Å². The third-order valence-electron chi connectivity index (χ3n) is 20.8. The van der Waals surface area contributed by atoms with Crippen molar-refractivity contribution >= 4 is 74.9 Å². The smallest absolute Gasteiger partial charge is 0.323 e. The van der Waals surface area contributed by atoms with E-state index in [1.807, 2.05) is 118 Å². The molecule has 0 bridgehead atoms. The van der Waals surface area contributed by atoms with Crippen molar-refractivity contribution < 1.29 is 76.9 Å².